The number of amides is 3. The molecule has 0 unspecified atom stereocenters. The molecule has 7 heteroatoms. The van der Waals surface area contributed by atoms with Gasteiger partial charge in [0.25, 0.3) is 0 Å². The minimum Gasteiger partial charge on any atom is -0.370 e. The molecule has 5 N–H and O–H groups in total. The third-order valence-corrected chi connectivity index (χ3v) is 2.15. The molecule has 0 saturated heterocycles. The van der Waals surface area contributed by atoms with Crippen LogP contribution in [0.2, 0.25) is 0 Å². The third kappa shape index (κ3) is 5.84. The monoisotopic (exact) mass is 266 g/mol. The van der Waals surface area contributed by atoms with Crippen molar-refractivity contribution in [2.45, 2.75) is 0 Å². The summed E-state index contributed by atoms with van der Waals surface area (Å²) in [7, 11) is 1.53. The fraction of sp³-hybridized carbons (Fsp3) is 0.333. The van der Waals surface area contributed by atoms with Crippen LogP contribution in [0.25, 0.3) is 0 Å². The minimum absolute atomic E-state index is 0.0323. The first-order valence-electron chi connectivity index (χ1n) is 5.82. The molecule has 1 aromatic rings. The molecule has 0 spiro atoms. The SMILES string of the molecule is CNC(=O)Nc1ccc(NC(=O)COCCN)cc1. The maximum absolute atomic E-state index is 11.4. The Morgan fingerprint density at radius 3 is 2.26 bits per heavy atom. The molecular weight excluding hydrogens is 248 g/mol. The molecule has 0 bridgehead atoms. The number of carbonyl (C=O) groups is 2. The van der Waals surface area contributed by atoms with E-state index in [0.717, 1.165) is 0 Å². The summed E-state index contributed by atoms with van der Waals surface area (Å²) < 4.78 is 5.01. The lowest BCUT2D eigenvalue weighted by Crippen LogP contribution is -2.24. The Morgan fingerprint density at radius 1 is 1.16 bits per heavy atom. The molecular formula is C12H18N4O3. The van der Waals surface area contributed by atoms with Gasteiger partial charge in [0, 0.05) is 25.0 Å². The standard InChI is InChI=1S/C12H18N4O3/c1-14-12(18)16-10-4-2-9(3-5-10)15-11(17)8-19-7-6-13/h2-5H,6-8,13H2,1H3,(H,15,17)(H2,14,16,18). The summed E-state index contributed by atoms with van der Waals surface area (Å²) in [4.78, 5) is 22.5. The zero-order valence-electron chi connectivity index (χ0n) is 10.7. The summed E-state index contributed by atoms with van der Waals surface area (Å²) in [6.07, 6.45) is 0. The predicted molar refractivity (Wildman–Crippen MR) is 73.0 cm³/mol. The fourth-order valence-corrected chi connectivity index (χ4v) is 1.28. The van der Waals surface area contributed by atoms with Crippen molar-refractivity contribution in [1.82, 2.24) is 5.32 Å². The van der Waals surface area contributed by atoms with E-state index >= 15 is 0 Å². The first kappa shape index (κ1) is 14.9. The van der Waals surface area contributed by atoms with Gasteiger partial charge in [0.2, 0.25) is 5.91 Å². The number of anilines is 2. The maximum Gasteiger partial charge on any atom is 0.318 e. The number of urea groups is 1. The Kier molecular flexibility index (Phi) is 6.34. The van der Waals surface area contributed by atoms with Gasteiger partial charge in [0.1, 0.15) is 6.61 Å². The topological polar surface area (TPSA) is 105 Å². The van der Waals surface area contributed by atoms with Gasteiger partial charge < -0.3 is 26.4 Å². The normalized spacial score (nSPS) is 9.79. The van der Waals surface area contributed by atoms with Crippen LogP contribution in [0.5, 0.6) is 0 Å². The minimum atomic E-state index is -0.299. The lowest BCUT2D eigenvalue weighted by molar-refractivity contribution is -0.120. The van der Waals surface area contributed by atoms with Gasteiger partial charge in [-0.1, -0.05) is 0 Å². The molecule has 1 aromatic carbocycles. The van der Waals surface area contributed by atoms with Crippen molar-refractivity contribution in [2.75, 3.05) is 37.4 Å². The fourth-order valence-electron chi connectivity index (χ4n) is 1.28. The number of ether oxygens (including phenoxy) is 1. The van der Waals surface area contributed by atoms with Crippen molar-refractivity contribution in [3.05, 3.63) is 24.3 Å². The largest absolute Gasteiger partial charge is 0.370 e. The summed E-state index contributed by atoms with van der Waals surface area (Å²) in [5.74, 6) is -0.250. The lowest BCUT2D eigenvalue weighted by Gasteiger charge is -2.07. The molecule has 19 heavy (non-hydrogen) atoms. The van der Waals surface area contributed by atoms with Crippen molar-refractivity contribution < 1.29 is 14.3 Å². The lowest BCUT2D eigenvalue weighted by atomic mass is 10.3. The number of nitrogens with two attached hydrogens (primary N) is 1. The van der Waals surface area contributed by atoms with Gasteiger partial charge in [0.15, 0.2) is 0 Å². The quantitative estimate of drug-likeness (QED) is 0.557. The van der Waals surface area contributed by atoms with E-state index in [2.05, 4.69) is 16.0 Å². The van der Waals surface area contributed by atoms with Crippen LogP contribution in [-0.4, -0.2) is 38.7 Å². The van der Waals surface area contributed by atoms with E-state index in [9.17, 15) is 9.59 Å². The van der Waals surface area contributed by atoms with Crippen molar-refractivity contribution in [2.24, 2.45) is 5.73 Å². The molecule has 7 nitrogen and oxygen atoms in total. The summed E-state index contributed by atoms with van der Waals surface area (Å²) in [6.45, 7) is 0.699. The number of hydrogen-bond acceptors (Lipinski definition) is 4. The number of rotatable bonds is 6. The smallest absolute Gasteiger partial charge is 0.318 e. The van der Waals surface area contributed by atoms with E-state index in [0.29, 0.717) is 24.5 Å². The van der Waals surface area contributed by atoms with Crippen LogP contribution >= 0.6 is 0 Å². The van der Waals surface area contributed by atoms with Crippen molar-refractivity contribution >= 4 is 23.3 Å². The summed E-state index contributed by atoms with van der Waals surface area (Å²) in [5, 5.41) is 7.72. The molecule has 0 heterocycles. The van der Waals surface area contributed by atoms with Gasteiger partial charge in [-0.2, -0.15) is 0 Å². The number of carbonyl (C=O) groups excluding carboxylic acids is 2. The average Bonchev–Trinajstić information content (AvgIpc) is 2.41. The van der Waals surface area contributed by atoms with E-state index < -0.39 is 0 Å². The van der Waals surface area contributed by atoms with Gasteiger partial charge in [-0.25, -0.2) is 4.79 Å². The van der Waals surface area contributed by atoms with E-state index in [1.54, 1.807) is 24.3 Å². The molecule has 0 aliphatic rings. The highest BCUT2D eigenvalue weighted by atomic mass is 16.5. The van der Waals surface area contributed by atoms with Crippen molar-refractivity contribution in [1.29, 1.82) is 0 Å². The first-order valence-corrected chi connectivity index (χ1v) is 5.82. The third-order valence-electron chi connectivity index (χ3n) is 2.15. The highest BCUT2D eigenvalue weighted by Gasteiger charge is 2.03. The highest BCUT2D eigenvalue weighted by molar-refractivity contribution is 5.92. The van der Waals surface area contributed by atoms with Gasteiger partial charge in [-0.15, -0.1) is 0 Å². The second-order valence-electron chi connectivity index (χ2n) is 3.67. The van der Waals surface area contributed by atoms with Crippen molar-refractivity contribution in [3.63, 3.8) is 0 Å². The molecule has 0 aromatic heterocycles. The number of hydrogen-bond donors (Lipinski definition) is 4. The molecule has 0 atom stereocenters. The Hall–Kier alpha value is -2.12. The highest BCUT2D eigenvalue weighted by Crippen LogP contribution is 2.13. The summed E-state index contributed by atoms with van der Waals surface area (Å²) >= 11 is 0. The maximum atomic E-state index is 11.4. The molecule has 0 radical (unpaired) electrons. The molecule has 3 amide bonds. The van der Waals surface area contributed by atoms with Crippen LogP contribution in [0.15, 0.2) is 24.3 Å². The zero-order valence-corrected chi connectivity index (χ0v) is 10.7. The second kappa shape index (κ2) is 8.06. The Labute approximate surface area is 111 Å². The van der Waals surface area contributed by atoms with Crippen LogP contribution < -0.4 is 21.7 Å². The van der Waals surface area contributed by atoms with E-state index in [4.69, 9.17) is 10.5 Å². The molecule has 104 valence electrons. The molecule has 0 fully saturated rings. The molecule has 0 aliphatic carbocycles. The summed E-state index contributed by atoms with van der Waals surface area (Å²) in [6, 6.07) is 6.45. The van der Waals surface area contributed by atoms with Gasteiger partial charge in [-0.3, -0.25) is 4.79 Å². The first-order chi connectivity index (χ1) is 9.15. The van der Waals surface area contributed by atoms with Crippen LogP contribution in [0.4, 0.5) is 16.2 Å². The molecule has 0 aliphatic heterocycles. The van der Waals surface area contributed by atoms with Crippen LogP contribution in [0, 0.1) is 0 Å². The van der Waals surface area contributed by atoms with E-state index in [1.807, 2.05) is 0 Å². The van der Waals surface area contributed by atoms with E-state index in [-0.39, 0.29) is 18.5 Å². The Balaban J connectivity index is 2.43. The van der Waals surface area contributed by atoms with Crippen LogP contribution in [0.3, 0.4) is 0 Å². The van der Waals surface area contributed by atoms with Gasteiger partial charge in [0.05, 0.1) is 6.61 Å². The molecule has 1 rings (SSSR count). The van der Waals surface area contributed by atoms with Gasteiger partial charge in [-0.05, 0) is 24.3 Å². The molecule has 0 saturated carbocycles. The second-order valence-corrected chi connectivity index (χ2v) is 3.67. The predicted octanol–water partition coefficient (Wildman–Crippen LogP) is 0.352. The Morgan fingerprint density at radius 2 is 1.74 bits per heavy atom. The number of benzene rings is 1. The zero-order chi connectivity index (χ0) is 14.1. The van der Waals surface area contributed by atoms with E-state index in [1.165, 1.54) is 7.05 Å². The Bertz CT molecular complexity index is 419. The van der Waals surface area contributed by atoms with Gasteiger partial charge >= 0.3 is 6.03 Å². The average molecular weight is 266 g/mol. The van der Waals surface area contributed by atoms with Crippen molar-refractivity contribution in [3.8, 4) is 0 Å². The summed E-state index contributed by atoms with van der Waals surface area (Å²) in [5.41, 5.74) is 6.50. The number of nitrogens with one attached hydrogen (secondary N) is 3. The van der Waals surface area contributed by atoms with Crippen LogP contribution in [-0.2, 0) is 9.53 Å². The van der Waals surface area contributed by atoms with Crippen LogP contribution in [0.1, 0.15) is 0 Å².